The number of hydrogen-bond donors (Lipinski definition) is 1. The van der Waals surface area contributed by atoms with E-state index in [4.69, 9.17) is 33.2 Å². The first-order chi connectivity index (χ1) is 25.1. The van der Waals surface area contributed by atoms with Crippen LogP contribution in [0, 0.1) is 0 Å². The van der Waals surface area contributed by atoms with E-state index in [9.17, 15) is 14.4 Å². The first-order valence-corrected chi connectivity index (χ1v) is 16.7. The van der Waals surface area contributed by atoms with Gasteiger partial charge in [-0.2, -0.15) is 10.2 Å². The number of para-hydroxylation sites is 1. The topological polar surface area (TPSA) is 188 Å². The second kappa shape index (κ2) is 14.4. The normalized spacial score (nSPS) is 19.6. The summed E-state index contributed by atoms with van der Waals surface area (Å²) in [5.74, 6) is -2.46. The summed E-state index contributed by atoms with van der Waals surface area (Å²) in [6.45, 7) is 6.79. The minimum atomic E-state index is -1.73. The fourth-order valence-corrected chi connectivity index (χ4v) is 6.38. The van der Waals surface area contributed by atoms with Gasteiger partial charge in [-0.15, -0.1) is 10.2 Å². The molecule has 4 heterocycles. The van der Waals surface area contributed by atoms with Crippen molar-refractivity contribution in [3.05, 3.63) is 77.9 Å². The number of nitrogens with zero attached hydrogens (tertiary/aromatic N) is 5. The van der Waals surface area contributed by atoms with Crippen molar-refractivity contribution < 1.29 is 47.5 Å². The van der Waals surface area contributed by atoms with Gasteiger partial charge >= 0.3 is 18.1 Å². The summed E-state index contributed by atoms with van der Waals surface area (Å²) in [5.41, 5.74) is 4.84. The summed E-state index contributed by atoms with van der Waals surface area (Å²) in [6.07, 6.45) is -3.70. The summed E-state index contributed by atoms with van der Waals surface area (Å²) in [5, 5.41) is 14.5. The molecule has 2 aliphatic rings. The number of rotatable bonds is 11. The van der Waals surface area contributed by atoms with Gasteiger partial charge in [-0.3, -0.25) is 9.36 Å². The molecule has 0 aliphatic carbocycles. The number of hydrogen-bond acceptors (Lipinski definition) is 14. The molecule has 5 aromatic rings. The van der Waals surface area contributed by atoms with Crippen LogP contribution in [0.5, 0.6) is 6.01 Å². The van der Waals surface area contributed by atoms with Crippen molar-refractivity contribution in [2.75, 3.05) is 19.8 Å². The molecule has 2 aromatic heterocycles. The lowest BCUT2D eigenvalue weighted by atomic mass is 9.98. The number of tetrazole rings is 1. The van der Waals surface area contributed by atoms with E-state index in [1.54, 1.807) is 22.8 Å². The average molecular weight is 713 g/mol. The van der Waals surface area contributed by atoms with Gasteiger partial charge < -0.3 is 33.2 Å². The summed E-state index contributed by atoms with van der Waals surface area (Å²) >= 11 is 0. The Hall–Kier alpha value is -5.87. The van der Waals surface area contributed by atoms with Crippen molar-refractivity contribution in [2.45, 2.75) is 64.4 Å². The molecule has 0 bridgehead atoms. The Bertz CT molecular complexity index is 2080. The predicted octanol–water partition coefficient (Wildman–Crippen LogP) is 4.47. The summed E-state index contributed by atoms with van der Waals surface area (Å²) in [7, 11) is 0. The third-order valence-electron chi connectivity index (χ3n) is 8.54. The van der Waals surface area contributed by atoms with Gasteiger partial charge in [0.05, 0.1) is 43.0 Å². The summed E-state index contributed by atoms with van der Waals surface area (Å²) in [6, 6.07) is 21.1. The van der Waals surface area contributed by atoms with E-state index >= 15 is 0 Å². The van der Waals surface area contributed by atoms with Crippen molar-refractivity contribution in [3.8, 4) is 28.5 Å². The maximum Gasteiger partial charge on any atom is 0.512 e. The molecule has 52 heavy (non-hydrogen) atoms. The second-order valence-electron chi connectivity index (χ2n) is 12.6. The monoisotopic (exact) mass is 712 g/mol. The SMILES string of the molecule is CCOc1nc2cccc(C(=O)OC(C)(C)OC(=O)O[C@@H]3CO[C@H]4[C@@H]3OC[C@H]4OC(C)=O)c2n1Cc1ccc(-c2ccccc2-c2nn[nH]n2)cc1. The third kappa shape index (κ3) is 7.15. The van der Waals surface area contributed by atoms with E-state index in [0.29, 0.717) is 36.0 Å². The number of aromatic nitrogens is 6. The summed E-state index contributed by atoms with van der Waals surface area (Å²) < 4.78 is 40.9. The summed E-state index contributed by atoms with van der Waals surface area (Å²) in [4.78, 5) is 42.6. The van der Waals surface area contributed by atoms with Gasteiger partial charge in [0.25, 0.3) is 11.8 Å². The minimum absolute atomic E-state index is 0.0207. The molecule has 2 fully saturated rings. The van der Waals surface area contributed by atoms with Crippen molar-refractivity contribution >= 4 is 29.1 Å². The lowest BCUT2D eigenvalue weighted by Crippen LogP contribution is -2.39. The van der Waals surface area contributed by atoms with Crippen LogP contribution in [0.15, 0.2) is 66.7 Å². The van der Waals surface area contributed by atoms with Gasteiger partial charge in [0.2, 0.25) is 5.82 Å². The number of carbonyl (C=O) groups excluding carboxylic acids is 3. The highest BCUT2D eigenvalue weighted by Crippen LogP contribution is 2.33. The highest BCUT2D eigenvalue weighted by atomic mass is 16.8. The highest BCUT2D eigenvalue weighted by molar-refractivity contribution is 6.02. The Morgan fingerprint density at radius 3 is 2.29 bits per heavy atom. The van der Waals surface area contributed by atoms with Crippen LogP contribution in [-0.2, 0) is 39.8 Å². The number of nitrogens with one attached hydrogen (secondary N) is 1. The van der Waals surface area contributed by atoms with Crippen molar-refractivity contribution in [1.29, 1.82) is 0 Å². The van der Waals surface area contributed by atoms with Crippen molar-refractivity contribution in [3.63, 3.8) is 0 Å². The lowest BCUT2D eigenvalue weighted by molar-refractivity contribution is -0.162. The molecule has 3 aromatic carbocycles. The second-order valence-corrected chi connectivity index (χ2v) is 12.6. The fourth-order valence-electron chi connectivity index (χ4n) is 6.38. The number of ether oxygens (including phenoxy) is 7. The zero-order valence-corrected chi connectivity index (χ0v) is 28.8. The highest BCUT2D eigenvalue weighted by Gasteiger charge is 2.51. The molecular formula is C36H36N6O10. The molecule has 1 N–H and O–H groups in total. The first kappa shape index (κ1) is 34.6. The molecule has 0 amide bonds. The number of aromatic amines is 1. The number of H-pyrrole nitrogens is 1. The van der Waals surface area contributed by atoms with Crippen LogP contribution in [0.3, 0.4) is 0 Å². The van der Waals surface area contributed by atoms with E-state index in [-0.39, 0.29) is 18.8 Å². The Kier molecular flexibility index (Phi) is 9.57. The molecule has 0 saturated carbocycles. The van der Waals surface area contributed by atoms with Gasteiger partial charge in [0.1, 0.15) is 12.2 Å². The van der Waals surface area contributed by atoms with Gasteiger partial charge in [0.15, 0.2) is 12.2 Å². The fraction of sp³-hybridized carbons (Fsp3) is 0.361. The first-order valence-electron chi connectivity index (χ1n) is 16.7. The Morgan fingerprint density at radius 1 is 0.904 bits per heavy atom. The van der Waals surface area contributed by atoms with Crippen LogP contribution in [0.1, 0.15) is 43.6 Å². The van der Waals surface area contributed by atoms with E-state index in [1.165, 1.54) is 20.8 Å². The molecule has 2 saturated heterocycles. The van der Waals surface area contributed by atoms with E-state index < -0.39 is 48.3 Å². The van der Waals surface area contributed by atoms with Crippen LogP contribution in [-0.4, -0.2) is 98.3 Å². The van der Waals surface area contributed by atoms with Crippen molar-refractivity contribution in [1.82, 2.24) is 30.2 Å². The zero-order valence-electron chi connectivity index (χ0n) is 28.8. The maximum absolute atomic E-state index is 13.7. The predicted molar refractivity (Wildman–Crippen MR) is 181 cm³/mol. The number of carbonyl (C=O) groups is 3. The average Bonchev–Trinajstić information content (AvgIpc) is 3.92. The van der Waals surface area contributed by atoms with Gasteiger partial charge in [-0.1, -0.05) is 54.6 Å². The molecule has 7 rings (SSSR count). The number of imidazole rings is 1. The molecule has 0 radical (unpaired) electrons. The Labute approximate surface area is 297 Å². The Morgan fingerprint density at radius 2 is 1.62 bits per heavy atom. The molecule has 16 nitrogen and oxygen atoms in total. The van der Waals surface area contributed by atoms with Crippen LogP contribution in [0.25, 0.3) is 33.5 Å². The molecule has 0 spiro atoms. The molecule has 0 unspecified atom stereocenters. The molecule has 2 aliphatic heterocycles. The van der Waals surface area contributed by atoms with E-state index in [1.807, 2.05) is 55.5 Å². The third-order valence-corrected chi connectivity index (χ3v) is 8.54. The lowest BCUT2D eigenvalue weighted by Gasteiger charge is -2.26. The van der Waals surface area contributed by atoms with Gasteiger partial charge in [0, 0.05) is 26.3 Å². The van der Waals surface area contributed by atoms with Crippen LogP contribution in [0.4, 0.5) is 4.79 Å². The largest absolute Gasteiger partial charge is 0.512 e. The molecular weight excluding hydrogens is 676 g/mol. The smallest absolute Gasteiger partial charge is 0.465 e. The van der Waals surface area contributed by atoms with Crippen molar-refractivity contribution in [2.24, 2.45) is 0 Å². The molecule has 4 atom stereocenters. The minimum Gasteiger partial charge on any atom is -0.465 e. The molecule has 270 valence electrons. The zero-order chi connectivity index (χ0) is 36.4. The Balaban J connectivity index is 1.07. The van der Waals surface area contributed by atoms with Crippen LogP contribution in [0.2, 0.25) is 0 Å². The number of esters is 2. The van der Waals surface area contributed by atoms with E-state index in [0.717, 1.165) is 22.3 Å². The number of fused-ring (bicyclic) bond motifs is 2. The molecule has 16 heteroatoms. The number of benzene rings is 3. The standard InChI is InChI=1S/C36H36N6O10/c1-5-46-34-37-26-12-8-11-25(33(44)51-36(3,4)52-35(45)50-28-19-48-30-27(49-20(2)43)18-47-31(28)30)29(26)42(34)17-21-13-15-22(16-14-21)23-9-6-7-10-24(23)32-38-40-41-39-32/h6-16,27-28,30-31H,5,17-19H2,1-4H3,(H,38,39,40,41)/t27-,28-,30-,31-/m1/s1. The maximum atomic E-state index is 13.7. The quantitative estimate of drug-likeness (QED) is 0.115. The van der Waals surface area contributed by atoms with Crippen LogP contribution >= 0.6 is 0 Å². The van der Waals surface area contributed by atoms with E-state index in [2.05, 4.69) is 25.6 Å². The van der Waals surface area contributed by atoms with Gasteiger partial charge in [-0.05, 0) is 41.0 Å². The van der Waals surface area contributed by atoms with Crippen LogP contribution < -0.4 is 4.74 Å². The van der Waals surface area contributed by atoms with Gasteiger partial charge in [-0.25, -0.2) is 9.59 Å².